The van der Waals surface area contributed by atoms with Crippen LogP contribution < -0.4 is 4.90 Å². The standard InChI is InChI=1S/C18H28N4OS2/c1-12(11-24-5)21(4)17-16-13(2)14(3)25-18(16)20-15(19-17)10-22-6-8-23-9-7-22/h12H,6-11H2,1-5H3. The Balaban J connectivity index is 1.99. The molecule has 0 aliphatic carbocycles. The van der Waals surface area contributed by atoms with Crippen molar-refractivity contribution < 1.29 is 4.74 Å². The molecule has 0 aromatic carbocycles. The highest BCUT2D eigenvalue weighted by atomic mass is 32.2. The monoisotopic (exact) mass is 380 g/mol. The number of aromatic nitrogens is 2. The molecule has 0 spiro atoms. The number of anilines is 1. The number of thioether (sulfide) groups is 1. The Morgan fingerprint density at radius 3 is 2.68 bits per heavy atom. The normalized spacial score (nSPS) is 17.2. The molecule has 0 amide bonds. The minimum atomic E-state index is 0.434. The molecule has 0 bridgehead atoms. The Kier molecular flexibility index (Phi) is 6.20. The van der Waals surface area contributed by atoms with Gasteiger partial charge in [0.2, 0.25) is 0 Å². The minimum Gasteiger partial charge on any atom is -0.379 e. The van der Waals surface area contributed by atoms with Crippen molar-refractivity contribution in [1.82, 2.24) is 14.9 Å². The van der Waals surface area contributed by atoms with Crippen LogP contribution in [0.5, 0.6) is 0 Å². The van der Waals surface area contributed by atoms with Crippen LogP contribution in [0.2, 0.25) is 0 Å². The van der Waals surface area contributed by atoms with E-state index in [2.05, 4.69) is 43.9 Å². The first-order chi connectivity index (χ1) is 12.0. The van der Waals surface area contributed by atoms with Crippen molar-refractivity contribution in [2.45, 2.75) is 33.4 Å². The Morgan fingerprint density at radius 1 is 1.28 bits per heavy atom. The lowest BCUT2D eigenvalue weighted by Gasteiger charge is -2.28. The van der Waals surface area contributed by atoms with Crippen molar-refractivity contribution in [3.8, 4) is 0 Å². The third kappa shape index (κ3) is 4.10. The van der Waals surface area contributed by atoms with Gasteiger partial charge in [-0.2, -0.15) is 11.8 Å². The zero-order chi connectivity index (χ0) is 18.0. The van der Waals surface area contributed by atoms with Gasteiger partial charge in [-0.1, -0.05) is 0 Å². The van der Waals surface area contributed by atoms with Crippen LogP contribution in [-0.2, 0) is 11.3 Å². The van der Waals surface area contributed by atoms with Crippen molar-refractivity contribution in [3.63, 3.8) is 0 Å². The Labute approximate surface area is 158 Å². The fraction of sp³-hybridized carbons (Fsp3) is 0.667. The summed E-state index contributed by atoms with van der Waals surface area (Å²) in [6, 6.07) is 0.434. The van der Waals surface area contributed by atoms with Gasteiger partial charge >= 0.3 is 0 Å². The first kappa shape index (κ1) is 18.9. The van der Waals surface area contributed by atoms with Gasteiger partial charge in [0.15, 0.2) is 0 Å². The predicted octanol–water partition coefficient (Wildman–Crippen LogP) is 3.33. The highest BCUT2D eigenvalue weighted by molar-refractivity contribution is 7.98. The lowest BCUT2D eigenvalue weighted by molar-refractivity contribution is 0.0331. The average Bonchev–Trinajstić information content (AvgIpc) is 2.89. The summed E-state index contributed by atoms with van der Waals surface area (Å²) in [5.74, 6) is 3.09. The second-order valence-electron chi connectivity index (χ2n) is 6.73. The summed E-state index contributed by atoms with van der Waals surface area (Å²) in [7, 11) is 2.16. The number of hydrogen-bond donors (Lipinski definition) is 0. The average molecular weight is 381 g/mol. The number of thiophene rings is 1. The van der Waals surface area contributed by atoms with Crippen LogP contribution in [0.25, 0.3) is 10.2 Å². The van der Waals surface area contributed by atoms with Crippen LogP contribution in [0, 0.1) is 13.8 Å². The van der Waals surface area contributed by atoms with Gasteiger partial charge in [0.25, 0.3) is 0 Å². The topological polar surface area (TPSA) is 41.5 Å². The van der Waals surface area contributed by atoms with Crippen LogP contribution in [0.1, 0.15) is 23.2 Å². The van der Waals surface area contributed by atoms with Crippen LogP contribution in [0.4, 0.5) is 5.82 Å². The van der Waals surface area contributed by atoms with E-state index in [0.717, 1.165) is 55.1 Å². The van der Waals surface area contributed by atoms with E-state index < -0.39 is 0 Å². The quantitative estimate of drug-likeness (QED) is 0.766. The molecule has 1 atom stereocenters. The van der Waals surface area contributed by atoms with E-state index in [1.54, 1.807) is 11.3 Å². The maximum absolute atomic E-state index is 5.46. The summed E-state index contributed by atoms with van der Waals surface area (Å²) in [4.78, 5) is 17.0. The van der Waals surface area contributed by atoms with Crippen molar-refractivity contribution in [2.75, 3.05) is 50.3 Å². The van der Waals surface area contributed by atoms with Crippen LogP contribution in [0.15, 0.2) is 0 Å². The molecule has 2 aromatic heterocycles. The third-order valence-corrected chi connectivity index (χ3v) is 6.84. The first-order valence-electron chi connectivity index (χ1n) is 8.79. The number of hydrogen-bond acceptors (Lipinski definition) is 7. The summed E-state index contributed by atoms with van der Waals surface area (Å²) in [5.41, 5.74) is 1.32. The van der Waals surface area contributed by atoms with Gasteiger partial charge in [0.1, 0.15) is 16.5 Å². The second-order valence-corrected chi connectivity index (χ2v) is 8.84. The highest BCUT2D eigenvalue weighted by Gasteiger charge is 2.21. The molecular formula is C18H28N4OS2. The smallest absolute Gasteiger partial charge is 0.146 e. The Morgan fingerprint density at radius 2 is 2.00 bits per heavy atom. The van der Waals surface area contributed by atoms with E-state index in [0.29, 0.717) is 6.04 Å². The van der Waals surface area contributed by atoms with Gasteiger partial charge in [-0.3, -0.25) is 4.90 Å². The molecule has 3 heterocycles. The SMILES string of the molecule is CSCC(C)N(C)c1nc(CN2CCOCC2)nc2sc(C)c(C)c12. The third-order valence-electron chi connectivity index (χ3n) is 4.93. The van der Waals surface area contributed by atoms with E-state index in [-0.39, 0.29) is 0 Å². The summed E-state index contributed by atoms with van der Waals surface area (Å²) in [6.45, 7) is 11.0. The molecule has 0 N–H and O–H groups in total. The molecule has 0 saturated carbocycles. The molecule has 25 heavy (non-hydrogen) atoms. The molecule has 3 rings (SSSR count). The van der Waals surface area contributed by atoms with Crippen molar-refractivity contribution in [3.05, 3.63) is 16.3 Å². The largest absolute Gasteiger partial charge is 0.379 e. The van der Waals surface area contributed by atoms with Gasteiger partial charge in [0, 0.05) is 36.8 Å². The molecule has 1 fully saturated rings. The molecule has 1 aliphatic rings. The number of aryl methyl sites for hydroxylation is 2. The number of ether oxygens (including phenoxy) is 1. The molecule has 2 aromatic rings. The van der Waals surface area contributed by atoms with Crippen molar-refractivity contribution in [1.29, 1.82) is 0 Å². The van der Waals surface area contributed by atoms with E-state index in [1.807, 2.05) is 11.8 Å². The second kappa shape index (κ2) is 8.20. The number of morpholine rings is 1. The first-order valence-corrected chi connectivity index (χ1v) is 11.0. The van der Waals surface area contributed by atoms with E-state index >= 15 is 0 Å². The van der Waals surface area contributed by atoms with Gasteiger partial charge in [0.05, 0.1) is 25.1 Å². The van der Waals surface area contributed by atoms with Crippen LogP contribution >= 0.6 is 23.1 Å². The van der Waals surface area contributed by atoms with Gasteiger partial charge < -0.3 is 9.64 Å². The number of rotatable bonds is 6. The molecule has 1 unspecified atom stereocenters. The van der Waals surface area contributed by atoms with Crippen molar-refractivity contribution >= 4 is 39.1 Å². The van der Waals surface area contributed by atoms with E-state index in [4.69, 9.17) is 14.7 Å². The van der Waals surface area contributed by atoms with Gasteiger partial charge in [-0.15, -0.1) is 11.3 Å². The van der Waals surface area contributed by atoms with E-state index in [1.165, 1.54) is 15.8 Å². The molecule has 1 saturated heterocycles. The van der Waals surface area contributed by atoms with Crippen LogP contribution in [0.3, 0.4) is 0 Å². The summed E-state index contributed by atoms with van der Waals surface area (Å²) in [6.07, 6.45) is 2.16. The fourth-order valence-corrected chi connectivity index (χ4v) is 4.87. The van der Waals surface area contributed by atoms with Gasteiger partial charge in [-0.05, 0) is 32.6 Å². The molecule has 0 radical (unpaired) electrons. The number of fused-ring (bicyclic) bond motifs is 1. The molecular weight excluding hydrogens is 352 g/mol. The summed E-state index contributed by atoms with van der Waals surface area (Å²) in [5, 5.41) is 1.23. The maximum atomic E-state index is 5.46. The molecule has 7 heteroatoms. The number of nitrogens with zero attached hydrogens (tertiary/aromatic N) is 4. The zero-order valence-electron chi connectivity index (χ0n) is 15.8. The molecule has 5 nitrogen and oxygen atoms in total. The Hall–Kier alpha value is -0.890. The summed E-state index contributed by atoms with van der Waals surface area (Å²) < 4.78 is 5.46. The summed E-state index contributed by atoms with van der Waals surface area (Å²) >= 11 is 3.66. The van der Waals surface area contributed by atoms with Crippen molar-refractivity contribution in [2.24, 2.45) is 0 Å². The Bertz CT molecular complexity index is 727. The predicted molar refractivity (Wildman–Crippen MR) is 109 cm³/mol. The highest BCUT2D eigenvalue weighted by Crippen LogP contribution is 2.35. The molecule has 138 valence electrons. The maximum Gasteiger partial charge on any atom is 0.146 e. The lowest BCUT2D eigenvalue weighted by atomic mass is 10.2. The van der Waals surface area contributed by atoms with E-state index in [9.17, 15) is 0 Å². The zero-order valence-corrected chi connectivity index (χ0v) is 17.5. The molecule has 1 aliphatic heterocycles. The fourth-order valence-electron chi connectivity index (χ4n) is 3.12. The van der Waals surface area contributed by atoms with Gasteiger partial charge in [-0.25, -0.2) is 9.97 Å². The minimum absolute atomic E-state index is 0.434. The lowest BCUT2D eigenvalue weighted by Crippen LogP contribution is -2.36. The van der Waals surface area contributed by atoms with Crippen LogP contribution in [-0.4, -0.2) is 66.3 Å².